The van der Waals surface area contributed by atoms with Crippen molar-refractivity contribution < 1.29 is 8.42 Å². The maximum Gasteiger partial charge on any atom is 0.242 e. The molecule has 0 spiro atoms. The van der Waals surface area contributed by atoms with E-state index in [1.807, 2.05) is 44.1 Å². The first-order valence-electron chi connectivity index (χ1n) is 10.7. The summed E-state index contributed by atoms with van der Waals surface area (Å²) in [4.78, 5) is 13.0. The van der Waals surface area contributed by atoms with Crippen LogP contribution in [0.2, 0.25) is 0 Å². The first-order chi connectivity index (χ1) is 16.0. The Morgan fingerprint density at radius 2 is 1.76 bits per heavy atom. The van der Waals surface area contributed by atoms with Crippen molar-refractivity contribution in [2.75, 3.05) is 45.0 Å². The fourth-order valence-corrected chi connectivity index (χ4v) is 4.53. The van der Waals surface area contributed by atoms with E-state index in [0.29, 0.717) is 28.7 Å². The van der Waals surface area contributed by atoms with Crippen LogP contribution in [0.25, 0.3) is 0 Å². The maximum absolute atomic E-state index is 12.7. The molecule has 0 unspecified atom stereocenters. The molecule has 3 rings (SSSR count). The van der Waals surface area contributed by atoms with Gasteiger partial charge in [-0.3, -0.25) is 0 Å². The van der Waals surface area contributed by atoms with Gasteiger partial charge in [0.05, 0.1) is 10.6 Å². The third-order valence-electron chi connectivity index (χ3n) is 5.76. The number of rotatable bonds is 7. The number of aryl methyl sites for hydroxylation is 1. The molecule has 1 aliphatic rings. The van der Waals surface area contributed by atoms with E-state index >= 15 is 0 Å². The number of allylic oxidation sites excluding steroid dienone is 5. The molecule has 34 heavy (non-hydrogen) atoms. The minimum absolute atomic E-state index is 0.245. The maximum atomic E-state index is 12.7. The molecule has 1 aromatic heterocycles. The fraction of sp³-hybridized carbons (Fsp3) is 0.292. The average molecular weight is 482 g/mol. The minimum Gasteiger partial charge on any atom is -0.391 e. The molecule has 10 heteroatoms. The van der Waals surface area contributed by atoms with Crippen LogP contribution in [-0.2, 0) is 10.0 Å². The van der Waals surface area contributed by atoms with Crippen molar-refractivity contribution in [2.45, 2.75) is 18.7 Å². The SMILES string of the molecule is CN/C(C)=C1/C=C(N(C)c2ccnc(N(C)c3ccc(C)c(S(=O)(=O)N(C)C)c3)n2)C=CC1=N. The zero-order valence-corrected chi connectivity index (χ0v) is 21.4. The van der Waals surface area contributed by atoms with Crippen molar-refractivity contribution in [3.8, 4) is 0 Å². The van der Waals surface area contributed by atoms with E-state index in [4.69, 9.17) is 10.4 Å². The third-order valence-corrected chi connectivity index (χ3v) is 7.72. The second kappa shape index (κ2) is 9.78. The smallest absolute Gasteiger partial charge is 0.242 e. The summed E-state index contributed by atoms with van der Waals surface area (Å²) in [7, 11) is 4.98. The van der Waals surface area contributed by atoms with Crippen LogP contribution in [0.4, 0.5) is 17.5 Å². The van der Waals surface area contributed by atoms with Crippen LogP contribution in [0.3, 0.4) is 0 Å². The lowest BCUT2D eigenvalue weighted by molar-refractivity contribution is 0.520. The van der Waals surface area contributed by atoms with Crippen molar-refractivity contribution in [3.63, 3.8) is 0 Å². The molecule has 0 atom stereocenters. The van der Waals surface area contributed by atoms with Crippen molar-refractivity contribution in [1.29, 1.82) is 5.41 Å². The van der Waals surface area contributed by atoms with Gasteiger partial charge in [0, 0.05) is 64.1 Å². The van der Waals surface area contributed by atoms with Crippen LogP contribution in [0.15, 0.2) is 70.6 Å². The minimum atomic E-state index is -3.59. The Bertz CT molecular complexity index is 1310. The zero-order valence-electron chi connectivity index (χ0n) is 20.6. The molecule has 2 aromatic rings. The first-order valence-corrected chi connectivity index (χ1v) is 12.1. The number of hydrogen-bond acceptors (Lipinski definition) is 8. The molecule has 0 fully saturated rings. The Balaban J connectivity index is 1.96. The summed E-state index contributed by atoms with van der Waals surface area (Å²) in [5.41, 5.74) is 4.37. The Kier molecular flexibility index (Phi) is 7.23. The average Bonchev–Trinajstić information content (AvgIpc) is 2.83. The number of anilines is 3. The molecule has 1 aliphatic carbocycles. The highest BCUT2D eigenvalue weighted by molar-refractivity contribution is 7.89. The van der Waals surface area contributed by atoms with Crippen LogP contribution in [0.1, 0.15) is 12.5 Å². The van der Waals surface area contributed by atoms with Gasteiger partial charge >= 0.3 is 0 Å². The van der Waals surface area contributed by atoms with Gasteiger partial charge in [0.2, 0.25) is 16.0 Å². The summed E-state index contributed by atoms with van der Waals surface area (Å²) < 4.78 is 26.7. The molecular weight excluding hydrogens is 450 g/mol. The highest BCUT2D eigenvalue weighted by atomic mass is 32.2. The summed E-state index contributed by atoms with van der Waals surface area (Å²) in [6.45, 7) is 3.71. The van der Waals surface area contributed by atoms with E-state index in [1.165, 1.54) is 18.4 Å². The molecule has 2 N–H and O–H groups in total. The summed E-state index contributed by atoms with van der Waals surface area (Å²) in [6.07, 6.45) is 7.24. The van der Waals surface area contributed by atoms with E-state index in [2.05, 4.69) is 10.3 Å². The Morgan fingerprint density at radius 3 is 2.41 bits per heavy atom. The Labute approximate surface area is 201 Å². The summed E-state index contributed by atoms with van der Waals surface area (Å²) in [5, 5.41) is 11.3. The first kappa shape index (κ1) is 25.1. The van der Waals surface area contributed by atoms with E-state index < -0.39 is 10.0 Å². The van der Waals surface area contributed by atoms with Crippen molar-refractivity contribution in [3.05, 3.63) is 71.2 Å². The summed E-state index contributed by atoms with van der Waals surface area (Å²) in [6, 6.07) is 7.07. The largest absolute Gasteiger partial charge is 0.391 e. The van der Waals surface area contributed by atoms with Gasteiger partial charge in [0.15, 0.2) is 0 Å². The topological polar surface area (TPSA) is 106 Å². The van der Waals surface area contributed by atoms with Crippen molar-refractivity contribution >= 4 is 33.2 Å². The number of benzene rings is 1. The Morgan fingerprint density at radius 1 is 1.06 bits per heavy atom. The van der Waals surface area contributed by atoms with Gasteiger partial charge in [-0.2, -0.15) is 4.98 Å². The van der Waals surface area contributed by atoms with Crippen molar-refractivity contribution in [1.82, 2.24) is 19.6 Å². The quantitative estimate of drug-likeness (QED) is 0.626. The molecular formula is C24H31N7O2S. The van der Waals surface area contributed by atoms with E-state index in [-0.39, 0.29) is 4.90 Å². The predicted molar refractivity (Wildman–Crippen MR) is 137 cm³/mol. The lowest BCUT2D eigenvalue weighted by Gasteiger charge is -2.25. The highest BCUT2D eigenvalue weighted by Gasteiger charge is 2.22. The fourth-order valence-electron chi connectivity index (χ4n) is 3.39. The standard InChI is InChI=1S/C24H31N7O2S/c1-16-8-9-19(15-22(16)34(32,33)29(4)5)31(7)24-27-13-12-23(28-24)30(6)18-10-11-21(25)20(14-18)17(2)26-3/h8-15,25-26H,1-7H3/b20-17-,25-21?. The zero-order chi connectivity index (χ0) is 25.2. The second-order valence-corrected chi connectivity index (χ2v) is 10.3. The highest BCUT2D eigenvalue weighted by Crippen LogP contribution is 2.29. The second-order valence-electron chi connectivity index (χ2n) is 8.17. The van der Waals surface area contributed by atoms with Gasteiger partial charge < -0.3 is 20.5 Å². The number of hydrogen-bond donors (Lipinski definition) is 2. The van der Waals surface area contributed by atoms with Gasteiger partial charge in [-0.15, -0.1) is 0 Å². The van der Waals surface area contributed by atoms with Gasteiger partial charge in [0.25, 0.3) is 0 Å². The molecule has 0 saturated heterocycles. The van der Waals surface area contributed by atoms with E-state index in [9.17, 15) is 8.42 Å². The molecule has 1 aromatic carbocycles. The van der Waals surface area contributed by atoms with Crippen LogP contribution >= 0.6 is 0 Å². The van der Waals surface area contributed by atoms with E-state index in [1.54, 1.807) is 49.3 Å². The molecule has 0 radical (unpaired) electrons. The number of aromatic nitrogens is 2. The van der Waals surface area contributed by atoms with Gasteiger partial charge in [-0.25, -0.2) is 17.7 Å². The summed E-state index contributed by atoms with van der Waals surface area (Å²) >= 11 is 0. The van der Waals surface area contributed by atoms with Crippen molar-refractivity contribution in [2.24, 2.45) is 0 Å². The number of sulfonamides is 1. The Hall–Kier alpha value is -3.50. The number of nitrogens with one attached hydrogen (secondary N) is 2. The molecule has 0 aliphatic heterocycles. The van der Waals surface area contributed by atoms with Gasteiger partial charge in [-0.05, 0) is 55.8 Å². The molecule has 0 bridgehead atoms. The monoisotopic (exact) mass is 481 g/mol. The lowest BCUT2D eigenvalue weighted by Crippen LogP contribution is -2.24. The van der Waals surface area contributed by atoms with Crippen LogP contribution in [0, 0.1) is 12.3 Å². The van der Waals surface area contributed by atoms with Crippen LogP contribution < -0.4 is 15.1 Å². The molecule has 0 saturated carbocycles. The van der Waals surface area contributed by atoms with Gasteiger partial charge in [-0.1, -0.05) is 6.07 Å². The van der Waals surface area contributed by atoms with E-state index in [0.717, 1.165) is 17.0 Å². The van der Waals surface area contributed by atoms with Crippen LogP contribution in [-0.4, -0.2) is 63.6 Å². The predicted octanol–water partition coefficient (Wildman–Crippen LogP) is 3.21. The normalized spacial score (nSPS) is 15.3. The van der Waals surface area contributed by atoms with Crippen LogP contribution in [0.5, 0.6) is 0 Å². The van der Waals surface area contributed by atoms with Gasteiger partial charge in [0.1, 0.15) is 5.82 Å². The molecule has 9 nitrogen and oxygen atoms in total. The summed E-state index contributed by atoms with van der Waals surface area (Å²) in [5.74, 6) is 1.09. The third kappa shape index (κ3) is 4.87. The molecule has 180 valence electrons. The lowest BCUT2D eigenvalue weighted by atomic mass is 10.0. The number of likely N-dealkylation sites (N-methyl/N-ethyl adjacent to an activating group) is 1. The molecule has 0 amide bonds. The number of nitrogens with zero attached hydrogens (tertiary/aromatic N) is 5. The molecule has 1 heterocycles.